The topological polar surface area (TPSA) is 96.0 Å². The van der Waals surface area contributed by atoms with Crippen molar-refractivity contribution in [1.82, 2.24) is 24.9 Å². The van der Waals surface area contributed by atoms with Crippen LogP contribution in [0.1, 0.15) is 36.6 Å². The van der Waals surface area contributed by atoms with Crippen LogP contribution < -0.4 is 5.32 Å². The van der Waals surface area contributed by atoms with Crippen LogP contribution in [0.2, 0.25) is 0 Å². The molecule has 0 aliphatic carbocycles. The fourth-order valence-electron chi connectivity index (χ4n) is 1.84. The first-order valence-electron chi connectivity index (χ1n) is 6.40. The molecule has 0 unspecified atom stereocenters. The molecule has 0 spiro atoms. The van der Waals surface area contributed by atoms with Gasteiger partial charge in [-0.1, -0.05) is 13.8 Å². The largest absolute Gasteiger partial charge is 0.333 e. The van der Waals surface area contributed by atoms with E-state index < -0.39 is 11.9 Å². The molecule has 0 saturated carbocycles. The predicted molar refractivity (Wildman–Crippen MR) is 71.8 cm³/mol. The van der Waals surface area contributed by atoms with E-state index in [0.29, 0.717) is 18.1 Å². The van der Waals surface area contributed by atoms with Crippen LogP contribution in [0.5, 0.6) is 0 Å². The van der Waals surface area contributed by atoms with Crippen molar-refractivity contribution in [3.05, 3.63) is 23.8 Å². The second-order valence-electron chi connectivity index (χ2n) is 5.02. The van der Waals surface area contributed by atoms with E-state index in [4.69, 9.17) is 5.26 Å². The third kappa shape index (κ3) is 2.91. The van der Waals surface area contributed by atoms with Crippen molar-refractivity contribution in [2.75, 3.05) is 0 Å². The maximum atomic E-state index is 12.0. The van der Waals surface area contributed by atoms with Crippen LogP contribution in [-0.2, 0) is 0 Å². The number of nitrogens with one attached hydrogen (secondary N) is 1. The van der Waals surface area contributed by atoms with E-state index in [1.54, 1.807) is 12.3 Å². The van der Waals surface area contributed by atoms with Crippen LogP contribution in [0.15, 0.2) is 12.3 Å². The fraction of sp³-hybridized carbons (Fsp3) is 0.462. The number of carbonyl (C=O) groups is 1. The molecule has 0 aliphatic rings. The number of aromatic nitrogens is 4. The molecule has 7 nitrogen and oxygen atoms in total. The first-order chi connectivity index (χ1) is 9.51. The van der Waals surface area contributed by atoms with E-state index in [1.807, 2.05) is 20.8 Å². The molecule has 2 heterocycles. The predicted octanol–water partition coefficient (Wildman–Crippen LogP) is 1.10. The van der Waals surface area contributed by atoms with E-state index in [0.717, 1.165) is 5.69 Å². The van der Waals surface area contributed by atoms with E-state index in [1.165, 1.54) is 4.52 Å². The molecule has 1 N–H and O–H groups in total. The summed E-state index contributed by atoms with van der Waals surface area (Å²) in [6.07, 6.45) is 2.20. The molecule has 0 bridgehead atoms. The van der Waals surface area contributed by atoms with Gasteiger partial charge < -0.3 is 5.32 Å². The quantitative estimate of drug-likeness (QED) is 0.899. The number of amides is 1. The van der Waals surface area contributed by atoms with E-state index in [9.17, 15) is 4.79 Å². The van der Waals surface area contributed by atoms with Crippen LogP contribution in [0.25, 0.3) is 5.78 Å². The summed E-state index contributed by atoms with van der Waals surface area (Å²) in [5.41, 5.74) is 0.834. The Hall–Kier alpha value is -2.49. The average Bonchev–Trinajstić information content (AvgIpc) is 2.83. The Morgan fingerprint density at radius 2 is 2.30 bits per heavy atom. The van der Waals surface area contributed by atoms with Crippen molar-refractivity contribution in [2.45, 2.75) is 33.2 Å². The number of nitriles is 1. The molecule has 0 radical (unpaired) electrons. The number of hydrogen-bond donors (Lipinski definition) is 1. The van der Waals surface area contributed by atoms with Gasteiger partial charge in [0, 0.05) is 11.9 Å². The fourth-order valence-corrected chi connectivity index (χ4v) is 1.84. The van der Waals surface area contributed by atoms with Crippen molar-refractivity contribution in [1.29, 1.82) is 5.26 Å². The Balaban J connectivity index is 2.19. The van der Waals surface area contributed by atoms with Crippen LogP contribution in [0.3, 0.4) is 0 Å². The van der Waals surface area contributed by atoms with Crippen molar-refractivity contribution in [3.63, 3.8) is 0 Å². The Morgan fingerprint density at radius 3 is 2.90 bits per heavy atom. The molecule has 2 aromatic heterocycles. The molecule has 1 amide bonds. The van der Waals surface area contributed by atoms with Crippen molar-refractivity contribution < 1.29 is 4.79 Å². The summed E-state index contributed by atoms with van der Waals surface area (Å²) in [5.74, 6) is 0.253. The lowest BCUT2D eigenvalue weighted by Gasteiger charge is -2.11. The molecule has 104 valence electrons. The monoisotopic (exact) mass is 272 g/mol. The Kier molecular flexibility index (Phi) is 3.94. The highest BCUT2D eigenvalue weighted by Gasteiger charge is 2.19. The minimum Gasteiger partial charge on any atom is -0.333 e. The summed E-state index contributed by atoms with van der Waals surface area (Å²) in [7, 11) is 0. The van der Waals surface area contributed by atoms with Gasteiger partial charge in [0.25, 0.3) is 11.7 Å². The summed E-state index contributed by atoms with van der Waals surface area (Å²) in [4.78, 5) is 20.1. The average molecular weight is 272 g/mol. The lowest BCUT2D eigenvalue weighted by Crippen LogP contribution is -2.35. The smallest absolute Gasteiger partial charge is 0.292 e. The lowest BCUT2D eigenvalue weighted by atomic mass is 10.1. The maximum Gasteiger partial charge on any atom is 0.292 e. The summed E-state index contributed by atoms with van der Waals surface area (Å²) in [6, 6.07) is 3.31. The van der Waals surface area contributed by atoms with Crippen LogP contribution in [0, 0.1) is 24.2 Å². The van der Waals surface area contributed by atoms with Crippen molar-refractivity contribution in [2.24, 2.45) is 5.92 Å². The highest BCUT2D eigenvalue weighted by molar-refractivity contribution is 5.91. The zero-order chi connectivity index (χ0) is 14.7. The number of hydrogen-bond acceptors (Lipinski definition) is 5. The number of carbonyl (C=O) groups excluding carboxylic acids is 1. The molecule has 7 heteroatoms. The van der Waals surface area contributed by atoms with Crippen LogP contribution in [0.4, 0.5) is 0 Å². The van der Waals surface area contributed by atoms with Crippen molar-refractivity contribution in [3.8, 4) is 6.07 Å². The Labute approximate surface area is 116 Å². The van der Waals surface area contributed by atoms with Gasteiger partial charge in [0.15, 0.2) is 0 Å². The van der Waals surface area contributed by atoms with E-state index in [-0.39, 0.29) is 5.82 Å². The second kappa shape index (κ2) is 5.65. The third-order valence-electron chi connectivity index (χ3n) is 2.80. The van der Waals surface area contributed by atoms with Gasteiger partial charge in [0.1, 0.15) is 6.04 Å². The van der Waals surface area contributed by atoms with Gasteiger partial charge in [-0.3, -0.25) is 4.79 Å². The highest BCUT2D eigenvalue weighted by atomic mass is 16.2. The van der Waals surface area contributed by atoms with E-state index >= 15 is 0 Å². The third-order valence-corrected chi connectivity index (χ3v) is 2.80. The van der Waals surface area contributed by atoms with Gasteiger partial charge in [0.2, 0.25) is 5.82 Å². The Bertz CT molecular complexity index is 669. The first kappa shape index (κ1) is 13.9. The van der Waals surface area contributed by atoms with Gasteiger partial charge in [-0.15, -0.1) is 5.10 Å². The molecule has 1 atom stereocenters. The molecule has 0 saturated heterocycles. The minimum absolute atomic E-state index is 0.0239. The molecule has 0 fully saturated rings. The standard InChI is InChI=1S/C13H16N6O/c1-8(2)6-10(7-14)16-12(20)11-17-13-15-5-4-9(3)19(13)18-11/h4-5,8,10H,6H2,1-3H3,(H,16,20)/t10-/m0/s1. The van der Waals surface area contributed by atoms with Gasteiger partial charge in [-0.05, 0) is 25.3 Å². The number of nitrogens with zero attached hydrogens (tertiary/aromatic N) is 5. The lowest BCUT2D eigenvalue weighted by molar-refractivity contribution is 0.0932. The number of rotatable bonds is 4. The zero-order valence-electron chi connectivity index (χ0n) is 11.7. The minimum atomic E-state index is -0.539. The van der Waals surface area contributed by atoms with Crippen LogP contribution >= 0.6 is 0 Å². The second-order valence-corrected chi connectivity index (χ2v) is 5.02. The summed E-state index contributed by atoms with van der Waals surface area (Å²) in [5, 5.41) is 15.8. The maximum absolute atomic E-state index is 12.0. The van der Waals surface area contributed by atoms with Crippen LogP contribution in [-0.4, -0.2) is 31.5 Å². The molecule has 0 aromatic carbocycles. The Morgan fingerprint density at radius 1 is 1.55 bits per heavy atom. The zero-order valence-corrected chi connectivity index (χ0v) is 11.7. The SMILES string of the molecule is Cc1ccnc2nc(C(=O)N[C@H](C#N)CC(C)C)nn12. The van der Waals surface area contributed by atoms with Crippen molar-refractivity contribution >= 4 is 11.7 Å². The molecule has 2 aromatic rings. The summed E-state index contributed by atoms with van der Waals surface area (Å²) < 4.78 is 1.50. The van der Waals surface area contributed by atoms with Gasteiger partial charge >= 0.3 is 0 Å². The normalized spacial score (nSPS) is 12.3. The molecular weight excluding hydrogens is 256 g/mol. The van der Waals surface area contributed by atoms with Gasteiger partial charge in [-0.25, -0.2) is 9.50 Å². The molecular formula is C13H16N6O. The number of aryl methyl sites for hydroxylation is 1. The van der Waals surface area contributed by atoms with E-state index in [2.05, 4.69) is 26.5 Å². The molecule has 0 aliphatic heterocycles. The first-order valence-corrected chi connectivity index (χ1v) is 6.40. The molecule has 20 heavy (non-hydrogen) atoms. The van der Waals surface area contributed by atoms with Gasteiger partial charge in [-0.2, -0.15) is 10.2 Å². The summed E-state index contributed by atoms with van der Waals surface area (Å²) >= 11 is 0. The van der Waals surface area contributed by atoms with Gasteiger partial charge in [0.05, 0.1) is 6.07 Å². The molecule has 2 rings (SSSR count). The number of fused-ring (bicyclic) bond motifs is 1. The highest BCUT2D eigenvalue weighted by Crippen LogP contribution is 2.06. The summed E-state index contributed by atoms with van der Waals surface area (Å²) in [6.45, 7) is 5.84.